The first kappa shape index (κ1) is 20.2. The van der Waals surface area contributed by atoms with Gasteiger partial charge in [0.1, 0.15) is 0 Å². The Bertz CT molecular complexity index is 975. The van der Waals surface area contributed by atoms with E-state index in [-0.39, 0.29) is 43.0 Å². The summed E-state index contributed by atoms with van der Waals surface area (Å²) in [6.07, 6.45) is 1.10. The average Bonchev–Trinajstić information content (AvgIpc) is 2.76. The fraction of sp³-hybridized carbons (Fsp3) is 0.360. The van der Waals surface area contributed by atoms with E-state index in [0.717, 1.165) is 11.1 Å². The van der Waals surface area contributed by atoms with Gasteiger partial charge in [-0.2, -0.15) is 0 Å². The van der Waals surface area contributed by atoms with Crippen molar-refractivity contribution in [2.45, 2.75) is 37.8 Å². The lowest BCUT2D eigenvalue weighted by molar-refractivity contribution is -0.166. The standard InChI is InChI=1S/C25H26N2O3/c1-2-23(29)26-15-21-25(22(17-28)27(21)24(30)16-26)20-13-11-19(12-14-20)10-6-9-18-7-4-3-5-8-18/h3-5,7-8,11-14,21-22,25,28H,2,9,15-17H2,1H3/t21-,22+,25-/m0/s1. The molecule has 0 spiro atoms. The number of carbonyl (C=O) groups excluding carboxylic acids is 2. The van der Waals surface area contributed by atoms with Gasteiger partial charge in [0.25, 0.3) is 0 Å². The summed E-state index contributed by atoms with van der Waals surface area (Å²) in [4.78, 5) is 28.1. The van der Waals surface area contributed by atoms with E-state index >= 15 is 0 Å². The second kappa shape index (κ2) is 8.73. The van der Waals surface area contributed by atoms with E-state index in [1.54, 1.807) is 9.80 Å². The lowest BCUT2D eigenvalue weighted by Crippen LogP contribution is -2.73. The summed E-state index contributed by atoms with van der Waals surface area (Å²) in [5.74, 6) is 6.35. The highest BCUT2D eigenvalue weighted by molar-refractivity contribution is 5.87. The molecule has 4 rings (SSSR count). The first-order valence-electron chi connectivity index (χ1n) is 10.4. The molecule has 2 aromatic carbocycles. The molecular formula is C25H26N2O3. The molecule has 2 fully saturated rings. The number of aliphatic hydroxyl groups is 1. The van der Waals surface area contributed by atoms with Crippen LogP contribution in [0.25, 0.3) is 0 Å². The lowest BCUT2D eigenvalue weighted by Gasteiger charge is -2.58. The SMILES string of the molecule is CCC(=O)N1CC(=O)N2[C@H](CO)[C@@H](c3ccc(C#CCc4ccccc4)cc3)[C@@H]2C1. The van der Waals surface area contributed by atoms with E-state index in [1.165, 1.54) is 5.56 Å². The van der Waals surface area contributed by atoms with Crippen LogP contribution < -0.4 is 0 Å². The predicted molar refractivity (Wildman–Crippen MR) is 115 cm³/mol. The fourth-order valence-electron chi connectivity index (χ4n) is 4.55. The molecule has 3 atom stereocenters. The maximum absolute atomic E-state index is 12.5. The van der Waals surface area contributed by atoms with E-state index in [2.05, 4.69) is 24.0 Å². The number of rotatable bonds is 4. The number of benzene rings is 2. The van der Waals surface area contributed by atoms with Crippen molar-refractivity contribution in [1.29, 1.82) is 0 Å². The number of hydrogen-bond donors (Lipinski definition) is 1. The summed E-state index contributed by atoms with van der Waals surface area (Å²) < 4.78 is 0. The molecule has 0 radical (unpaired) electrons. The Labute approximate surface area is 177 Å². The predicted octanol–water partition coefficient (Wildman–Crippen LogP) is 2.19. The van der Waals surface area contributed by atoms with Crippen molar-refractivity contribution in [3.63, 3.8) is 0 Å². The number of hydrogen-bond acceptors (Lipinski definition) is 3. The molecule has 0 aliphatic carbocycles. The molecule has 1 N–H and O–H groups in total. The maximum atomic E-state index is 12.5. The Morgan fingerprint density at radius 3 is 2.53 bits per heavy atom. The first-order valence-corrected chi connectivity index (χ1v) is 10.4. The number of carbonyl (C=O) groups is 2. The van der Waals surface area contributed by atoms with Crippen LogP contribution in [-0.4, -0.2) is 58.5 Å². The molecule has 30 heavy (non-hydrogen) atoms. The van der Waals surface area contributed by atoms with Crippen LogP contribution in [0.15, 0.2) is 54.6 Å². The first-order chi connectivity index (χ1) is 14.6. The Balaban J connectivity index is 1.48. The normalized spacial score (nSPS) is 22.6. The van der Waals surface area contributed by atoms with Crippen molar-refractivity contribution < 1.29 is 14.7 Å². The van der Waals surface area contributed by atoms with Gasteiger partial charge in [0, 0.05) is 30.9 Å². The van der Waals surface area contributed by atoms with Gasteiger partial charge in [-0.3, -0.25) is 9.59 Å². The summed E-state index contributed by atoms with van der Waals surface area (Å²) in [6, 6.07) is 17.9. The Hall–Kier alpha value is -3.10. The molecule has 0 saturated carbocycles. The van der Waals surface area contributed by atoms with Gasteiger partial charge in [-0.15, -0.1) is 0 Å². The Kier molecular flexibility index (Phi) is 5.87. The number of nitrogens with zero attached hydrogens (tertiary/aromatic N) is 2. The second-order valence-corrected chi connectivity index (χ2v) is 7.86. The second-order valence-electron chi connectivity index (χ2n) is 7.86. The molecule has 2 amide bonds. The molecule has 154 valence electrons. The minimum atomic E-state index is -0.226. The number of piperazine rings is 1. The molecule has 5 nitrogen and oxygen atoms in total. The quantitative estimate of drug-likeness (QED) is 0.798. The third-order valence-electron chi connectivity index (χ3n) is 6.07. The molecule has 2 aromatic rings. The molecule has 0 unspecified atom stereocenters. The third-order valence-corrected chi connectivity index (χ3v) is 6.07. The summed E-state index contributed by atoms with van der Waals surface area (Å²) in [5, 5.41) is 9.88. The highest BCUT2D eigenvalue weighted by Crippen LogP contribution is 2.42. The third kappa shape index (κ3) is 3.83. The van der Waals surface area contributed by atoms with Gasteiger partial charge in [0.2, 0.25) is 11.8 Å². The zero-order valence-electron chi connectivity index (χ0n) is 17.1. The van der Waals surface area contributed by atoms with Crippen LogP contribution in [0.1, 0.15) is 36.0 Å². The largest absolute Gasteiger partial charge is 0.394 e. The monoisotopic (exact) mass is 402 g/mol. The van der Waals surface area contributed by atoms with E-state index in [0.29, 0.717) is 19.4 Å². The summed E-state index contributed by atoms with van der Waals surface area (Å²) in [6.45, 7) is 2.37. The molecule has 0 bridgehead atoms. The molecule has 2 aliphatic heterocycles. The highest BCUT2D eigenvalue weighted by Gasteiger charge is 2.54. The number of fused-ring (bicyclic) bond motifs is 1. The van der Waals surface area contributed by atoms with Crippen LogP contribution >= 0.6 is 0 Å². The minimum Gasteiger partial charge on any atom is -0.394 e. The molecule has 2 aliphatic rings. The molecule has 0 aromatic heterocycles. The zero-order valence-corrected chi connectivity index (χ0v) is 17.1. The summed E-state index contributed by atoms with van der Waals surface area (Å²) >= 11 is 0. The van der Waals surface area contributed by atoms with E-state index < -0.39 is 0 Å². The van der Waals surface area contributed by atoms with E-state index in [1.807, 2.05) is 49.4 Å². The number of aliphatic hydroxyl groups excluding tert-OH is 1. The smallest absolute Gasteiger partial charge is 0.242 e. The van der Waals surface area contributed by atoms with Gasteiger partial charge < -0.3 is 14.9 Å². The van der Waals surface area contributed by atoms with Crippen molar-refractivity contribution in [3.8, 4) is 11.8 Å². The van der Waals surface area contributed by atoms with Gasteiger partial charge in [-0.05, 0) is 23.3 Å². The van der Waals surface area contributed by atoms with Gasteiger partial charge in [-0.1, -0.05) is 61.2 Å². The fourth-order valence-corrected chi connectivity index (χ4v) is 4.55. The maximum Gasteiger partial charge on any atom is 0.242 e. The van der Waals surface area contributed by atoms with E-state index in [4.69, 9.17) is 0 Å². The van der Waals surface area contributed by atoms with Crippen molar-refractivity contribution in [2.75, 3.05) is 19.7 Å². The van der Waals surface area contributed by atoms with Crippen molar-refractivity contribution in [1.82, 2.24) is 9.80 Å². The van der Waals surface area contributed by atoms with Crippen LogP contribution in [0.5, 0.6) is 0 Å². The minimum absolute atomic E-state index is 0.00163. The van der Waals surface area contributed by atoms with Gasteiger partial charge in [-0.25, -0.2) is 0 Å². The molecule has 2 saturated heterocycles. The topological polar surface area (TPSA) is 60.9 Å². The Morgan fingerprint density at radius 1 is 1.13 bits per heavy atom. The zero-order chi connectivity index (χ0) is 21.1. The van der Waals surface area contributed by atoms with Crippen molar-refractivity contribution >= 4 is 11.8 Å². The highest BCUT2D eigenvalue weighted by atomic mass is 16.3. The average molecular weight is 402 g/mol. The number of amides is 2. The summed E-state index contributed by atoms with van der Waals surface area (Å²) in [5.41, 5.74) is 3.20. The van der Waals surface area contributed by atoms with Gasteiger partial charge in [0.15, 0.2) is 0 Å². The van der Waals surface area contributed by atoms with Crippen LogP contribution in [0.3, 0.4) is 0 Å². The van der Waals surface area contributed by atoms with E-state index in [9.17, 15) is 14.7 Å². The van der Waals surface area contributed by atoms with Gasteiger partial charge in [0.05, 0.1) is 25.2 Å². The van der Waals surface area contributed by atoms with Crippen LogP contribution in [0, 0.1) is 11.8 Å². The summed E-state index contributed by atoms with van der Waals surface area (Å²) in [7, 11) is 0. The van der Waals surface area contributed by atoms with Crippen molar-refractivity contribution in [3.05, 3.63) is 71.3 Å². The Morgan fingerprint density at radius 2 is 1.87 bits per heavy atom. The molecule has 5 heteroatoms. The van der Waals surface area contributed by atoms with Crippen LogP contribution in [0.4, 0.5) is 0 Å². The van der Waals surface area contributed by atoms with Gasteiger partial charge >= 0.3 is 0 Å². The van der Waals surface area contributed by atoms with Crippen LogP contribution in [0.2, 0.25) is 0 Å². The molecular weight excluding hydrogens is 376 g/mol. The van der Waals surface area contributed by atoms with Crippen molar-refractivity contribution in [2.24, 2.45) is 0 Å². The lowest BCUT2D eigenvalue weighted by atomic mass is 9.73. The van der Waals surface area contributed by atoms with Crippen LogP contribution in [-0.2, 0) is 16.0 Å². The molecule has 2 heterocycles.